The van der Waals surface area contributed by atoms with E-state index in [2.05, 4.69) is 16.4 Å². The van der Waals surface area contributed by atoms with Gasteiger partial charge in [0.25, 0.3) is 11.8 Å². The Labute approximate surface area is 196 Å². The van der Waals surface area contributed by atoms with Crippen molar-refractivity contribution in [3.05, 3.63) is 75.4 Å². The quantitative estimate of drug-likeness (QED) is 0.578. The molecule has 164 valence electrons. The second-order valence-corrected chi connectivity index (χ2v) is 10.3. The van der Waals surface area contributed by atoms with Gasteiger partial charge in [-0.25, -0.2) is 4.98 Å². The number of nitrogens with one attached hydrogen (secondary N) is 1. The topological polar surface area (TPSA) is 62.3 Å². The molecule has 1 N–H and O–H groups in total. The van der Waals surface area contributed by atoms with Gasteiger partial charge in [0, 0.05) is 23.7 Å². The molecule has 0 bridgehead atoms. The third-order valence-corrected chi connectivity index (χ3v) is 7.63. The van der Waals surface area contributed by atoms with Crippen molar-refractivity contribution in [1.29, 1.82) is 0 Å². The summed E-state index contributed by atoms with van der Waals surface area (Å²) >= 11 is 7.47. The van der Waals surface area contributed by atoms with Crippen LogP contribution in [0, 0.1) is 25.7 Å². The number of fused-ring (bicyclic) bond motifs is 1. The first-order chi connectivity index (χ1) is 15.4. The highest BCUT2D eigenvalue weighted by molar-refractivity contribution is 7.15. The van der Waals surface area contributed by atoms with Gasteiger partial charge in [-0.1, -0.05) is 41.4 Å². The van der Waals surface area contributed by atoms with Gasteiger partial charge in [0.05, 0.1) is 15.9 Å². The van der Waals surface area contributed by atoms with Crippen molar-refractivity contribution < 1.29 is 9.59 Å². The fourth-order valence-electron chi connectivity index (χ4n) is 4.66. The Morgan fingerprint density at radius 3 is 2.72 bits per heavy atom. The molecule has 1 aromatic heterocycles. The Balaban J connectivity index is 1.35. The van der Waals surface area contributed by atoms with Gasteiger partial charge in [0.1, 0.15) is 5.69 Å². The molecule has 3 atom stereocenters. The fourth-order valence-corrected chi connectivity index (χ4v) is 5.69. The number of thiazole rings is 1. The Morgan fingerprint density at radius 2 is 1.97 bits per heavy atom. The van der Waals surface area contributed by atoms with Crippen LogP contribution in [-0.2, 0) is 0 Å². The summed E-state index contributed by atoms with van der Waals surface area (Å²) in [5, 5.41) is 4.49. The van der Waals surface area contributed by atoms with E-state index in [0.717, 1.165) is 34.0 Å². The van der Waals surface area contributed by atoms with Crippen LogP contribution in [0.15, 0.2) is 48.5 Å². The van der Waals surface area contributed by atoms with Crippen molar-refractivity contribution in [2.24, 2.45) is 11.8 Å². The first kappa shape index (κ1) is 21.2. The molecule has 1 aliphatic heterocycles. The van der Waals surface area contributed by atoms with Crippen molar-refractivity contribution in [2.75, 3.05) is 13.1 Å². The fraction of sp³-hybridized carbons (Fsp3) is 0.320. The number of carbonyl (C=O) groups excluding carboxylic acids is 2. The summed E-state index contributed by atoms with van der Waals surface area (Å²) in [4.78, 5) is 33.7. The molecule has 0 radical (unpaired) electrons. The Hall–Kier alpha value is -2.70. The second kappa shape index (κ2) is 8.34. The Kier molecular flexibility index (Phi) is 5.51. The van der Waals surface area contributed by atoms with Crippen LogP contribution in [0.1, 0.15) is 37.8 Å². The summed E-state index contributed by atoms with van der Waals surface area (Å²) in [6.45, 7) is 5.16. The van der Waals surface area contributed by atoms with Crippen molar-refractivity contribution in [3.8, 4) is 10.4 Å². The molecular weight excluding hydrogens is 442 g/mol. The molecule has 2 aromatic carbocycles. The average Bonchev–Trinajstić information content (AvgIpc) is 3.29. The van der Waals surface area contributed by atoms with E-state index in [4.69, 9.17) is 11.6 Å². The van der Waals surface area contributed by atoms with Gasteiger partial charge >= 0.3 is 0 Å². The van der Waals surface area contributed by atoms with Gasteiger partial charge in [0.15, 0.2) is 0 Å². The molecule has 1 aliphatic carbocycles. The van der Waals surface area contributed by atoms with Crippen LogP contribution >= 0.6 is 22.9 Å². The third-order valence-electron chi connectivity index (χ3n) is 6.36. The van der Waals surface area contributed by atoms with E-state index < -0.39 is 0 Å². The number of hydrogen-bond acceptors (Lipinski definition) is 4. The van der Waals surface area contributed by atoms with Crippen LogP contribution in [0.25, 0.3) is 10.4 Å². The summed E-state index contributed by atoms with van der Waals surface area (Å²) in [7, 11) is 0. The predicted molar refractivity (Wildman–Crippen MR) is 127 cm³/mol. The average molecular weight is 466 g/mol. The van der Waals surface area contributed by atoms with Gasteiger partial charge in [-0.2, -0.15) is 0 Å². The normalized spacial score (nSPS) is 21.3. The van der Waals surface area contributed by atoms with E-state index in [1.54, 1.807) is 35.6 Å². The molecule has 1 unspecified atom stereocenters. The van der Waals surface area contributed by atoms with E-state index in [1.165, 1.54) is 0 Å². The summed E-state index contributed by atoms with van der Waals surface area (Å²) in [5.74, 6) is 0.789. The van der Waals surface area contributed by atoms with E-state index in [-0.39, 0.29) is 17.9 Å². The second-order valence-electron chi connectivity index (χ2n) is 8.68. The van der Waals surface area contributed by atoms with Crippen LogP contribution in [-0.4, -0.2) is 40.8 Å². The molecule has 5 rings (SSSR count). The molecule has 3 aromatic rings. The standard InChI is InChI=1S/C25H24ClN3O2S/c1-14-4-3-5-17(10-14)23-22(28-15(2)32-23)25(31)29-13-18-11-20(18)21(29)12-27-24(30)16-6-8-19(26)9-7-16/h3-10,18,20-21H,11-13H2,1-2H3,(H,27,30)/t18-,20?,21-/m1/s1. The van der Waals surface area contributed by atoms with Crippen LogP contribution in [0.5, 0.6) is 0 Å². The van der Waals surface area contributed by atoms with E-state index in [0.29, 0.717) is 34.7 Å². The molecule has 7 heteroatoms. The van der Waals surface area contributed by atoms with Crippen molar-refractivity contribution in [3.63, 3.8) is 0 Å². The highest BCUT2D eigenvalue weighted by atomic mass is 35.5. The van der Waals surface area contributed by atoms with Gasteiger partial charge in [0.2, 0.25) is 0 Å². The molecular formula is C25H24ClN3O2S. The number of benzene rings is 2. The molecule has 5 nitrogen and oxygen atoms in total. The summed E-state index contributed by atoms with van der Waals surface area (Å²) < 4.78 is 0. The minimum absolute atomic E-state index is 0.00360. The van der Waals surface area contributed by atoms with Gasteiger partial charge in [-0.3, -0.25) is 9.59 Å². The maximum absolute atomic E-state index is 13.6. The largest absolute Gasteiger partial charge is 0.350 e. The highest BCUT2D eigenvalue weighted by Crippen LogP contribution is 2.50. The lowest BCUT2D eigenvalue weighted by Gasteiger charge is -2.27. The minimum Gasteiger partial charge on any atom is -0.350 e. The van der Waals surface area contributed by atoms with Gasteiger partial charge in [-0.05, 0) is 61.9 Å². The highest BCUT2D eigenvalue weighted by Gasteiger charge is 2.54. The lowest BCUT2D eigenvalue weighted by molar-refractivity contribution is 0.0690. The number of nitrogens with zero attached hydrogens (tertiary/aromatic N) is 2. The zero-order chi connectivity index (χ0) is 22.4. The van der Waals surface area contributed by atoms with Crippen LogP contribution in [0.3, 0.4) is 0 Å². The van der Waals surface area contributed by atoms with Gasteiger partial charge in [-0.15, -0.1) is 11.3 Å². The summed E-state index contributed by atoms with van der Waals surface area (Å²) in [6, 6.07) is 15.0. The first-order valence-corrected chi connectivity index (χ1v) is 12.0. The van der Waals surface area contributed by atoms with Crippen molar-refractivity contribution >= 4 is 34.8 Å². The lowest BCUT2D eigenvalue weighted by atomic mass is 10.1. The number of amides is 2. The minimum atomic E-state index is -0.150. The number of halogens is 1. The lowest BCUT2D eigenvalue weighted by Crippen LogP contribution is -2.45. The monoisotopic (exact) mass is 465 g/mol. The van der Waals surface area contributed by atoms with Gasteiger partial charge < -0.3 is 10.2 Å². The number of piperidine rings is 1. The van der Waals surface area contributed by atoms with Crippen LogP contribution in [0.4, 0.5) is 0 Å². The van der Waals surface area contributed by atoms with E-state index in [9.17, 15) is 9.59 Å². The summed E-state index contributed by atoms with van der Waals surface area (Å²) in [5.41, 5.74) is 3.26. The SMILES string of the molecule is Cc1cccc(-c2sc(C)nc2C(=O)N2C[C@H]3CC3[C@H]2CNC(=O)c2ccc(Cl)cc2)c1. The zero-order valence-electron chi connectivity index (χ0n) is 18.0. The number of rotatable bonds is 5. The van der Waals surface area contributed by atoms with Crippen molar-refractivity contribution in [1.82, 2.24) is 15.2 Å². The Morgan fingerprint density at radius 1 is 1.19 bits per heavy atom. The number of aryl methyl sites for hydroxylation is 2. The Bertz CT molecular complexity index is 1190. The molecule has 32 heavy (non-hydrogen) atoms. The van der Waals surface area contributed by atoms with E-state index in [1.807, 2.05) is 36.9 Å². The molecule has 2 fully saturated rings. The molecule has 1 saturated heterocycles. The molecule has 2 amide bonds. The first-order valence-electron chi connectivity index (χ1n) is 10.8. The summed E-state index contributed by atoms with van der Waals surface area (Å²) in [6.07, 6.45) is 1.12. The van der Waals surface area contributed by atoms with Crippen molar-refractivity contribution in [2.45, 2.75) is 26.3 Å². The zero-order valence-corrected chi connectivity index (χ0v) is 19.5. The van der Waals surface area contributed by atoms with E-state index >= 15 is 0 Å². The number of likely N-dealkylation sites (tertiary alicyclic amines) is 1. The number of carbonyl (C=O) groups is 2. The number of hydrogen-bond donors (Lipinski definition) is 1. The maximum atomic E-state index is 13.6. The third kappa shape index (κ3) is 4.05. The van der Waals surface area contributed by atoms with Crippen LogP contribution < -0.4 is 5.32 Å². The smallest absolute Gasteiger partial charge is 0.274 e. The molecule has 2 heterocycles. The maximum Gasteiger partial charge on any atom is 0.274 e. The van der Waals surface area contributed by atoms with Crippen LogP contribution in [0.2, 0.25) is 5.02 Å². The molecule has 1 saturated carbocycles. The number of aromatic nitrogens is 1. The molecule has 2 aliphatic rings. The predicted octanol–water partition coefficient (Wildman–Crippen LogP) is 4.97. The molecule has 0 spiro atoms.